The number of hydrogen-bond acceptors (Lipinski definition) is 5. The number of phosphoric ester groups is 1. The van der Waals surface area contributed by atoms with Crippen LogP contribution in [0.25, 0.3) is 0 Å². The predicted molar refractivity (Wildman–Crippen MR) is 78.4 cm³/mol. The molecule has 3 atom stereocenters. The lowest BCUT2D eigenvalue weighted by Crippen LogP contribution is -2.38. The molecule has 5 N–H and O–H groups in total. The van der Waals surface area contributed by atoms with Gasteiger partial charge in [-0.15, -0.1) is 0 Å². The fraction of sp³-hybridized carbons (Fsp3) is 1.00. The van der Waals surface area contributed by atoms with Gasteiger partial charge in [0.05, 0.1) is 6.10 Å². The van der Waals surface area contributed by atoms with Gasteiger partial charge in [0.15, 0.2) is 6.29 Å². The highest BCUT2D eigenvalue weighted by atomic mass is 31.2. The second kappa shape index (κ2) is 11.5. The molecule has 0 aliphatic carbocycles. The molecule has 0 aromatic heterocycles. The number of aliphatic hydroxyl groups is 3. The maximum atomic E-state index is 10.5. The first kappa shape index (κ1) is 21.0. The van der Waals surface area contributed by atoms with Crippen LogP contribution in [-0.2, 0) is 9.09 Å². The maximum Gasteiger partial charge on any atom is 0.472 e. The summed E-state index contributed by atoms with van der Waals surface area (Å²) >= 11 is 0. The Morgan fingerprint density at radius 2 is 1.38 bits per heavy atom. The van der Waals surface area contributed by atoms with Crippen molar-refractivity contribution in [2.45, 2.75) is 83.2 Å². The highest BCUT2D eigenvalue weighted by Gasteiger charge is 2.30. The van der Waals surface area contributed by atoms with Crippen LogP contribution < -0.4 is 0 Å². The third-order valence-electron chi connectivity index (χ3n) is 3.29. The molecule has 0 saturated carbocycles. The van der Waals surface area contributed by atoms with Crippen molar-refractivity contribution in [3.63, 3.8) is 0 Å². The van der Waals surface area contributed by atoms with Crippen molar-refractivity contribution < 1.29 is 34.2 Å². The Hall–Kier alpha value is -0.0100. The summed E-state index contributed by atoms with van der Waals surface area (Å²) in [5.41, 5.74) is 0. The molecule has 0 aliphatic heterocycles. The van der Waals surface area contributed by atoms with Crippen molar-refractivity contribution in [2.75, 3.05) is 0 Å². The molecular weight excluding hydrogens is 299 g/mol. The zero-order valence-electron chi connectivity index (χ0n) is 12.6. The van der Waals surface area contributed by atoms with Crippen LogP contribution in [0.3, 0.4) is 0 Å². The second-order valence-corrected chi connectivity index (χ2v) is 6.50. The Bertz CT molecular complexity index is 294. The largest absolute Gasteiger partial charge is 0.472 e. The summed E-state index contributed by atoms with van der Waals surface area (Å²) in [6.07, 6.45) is 3.82. The molecule has 0 heterocycles. The first-order valence-corrected chi connectivity index (χ1v) is 9.09. The van der Waals surface area contributed by atoms with Gasteiger partial charge in [0, 0.05) is 0 Å². The molecule has 0 fully saturated rings. The Kier molecular flexibility index (Phi) is 11.5. The zero-order valence-corrected chi connectivity index (χ0v) is 13.5. The lowest BCUT2D eigenvalue weighted by atomic mass is 10.0. The second-order valence-electron chi connectivity index (χ2n) is 5.31. The van der Waals surface area contributed by atoms with E-state index in [9.17, 15) is 19.9 Å². The molecule has 0 spiro atoms. The molecule has 0 saturated heterocycles. The van der Waals surface area contributed by atoms with Gasteiger partial charge in [-0.3, -0.25) is 4.52 Å². The van der Waals surface area contributed by atoms with Crippen LogP contribution in [-0.4, -0.2) is 43.6 Å². The summed E-state index contributed by atoms with van der Waals surface area (Å²) < 4.78 is 14.4. The molecule has 0 bridgehead atoms. The molecule has 0 aromatic rings. The van der Waals surface area contributed by atoms with E-state index < -0.39 is 26.3 Å². The highest BCUT2D eigenvalue weighted by molar-refractivity contribution is 7.46. The SMILES string of the molecule is CCCCCCCCCCC(O)C(O)C(O)OP(=O)(O)O. The van der Waals surface area contributed by atoms with E-state index in [1.165, 1.54) is 25.7 Å². The van der Waals surface area contributed by atoms with Crippen LogP contribution in [0.1, 0.15) is 64.7 Å². The van der Waals surface area contributed by atoms with Gasteiger partial charge in [0.1, 0.15) is 6.10 Å². The van der Waals surface area contributed by atoms with E-state index in [-0.39, 0.29) is 6.42 Å². The monoisotopic (exact) mass is 328 g/mol. The van der Waals surface area contributed by atoms with Gasteiger partial charge in [-0.25, -0.2) is 4.57 Å². The van der Waals surface area contributed by atoms with Crippen molar-refractivity contribution in [2.24, 2.45) is 0 Å². The van der Waals surface area contributed by atoms with E-state index in [0.717, 1.165) is 19.3 Å². The van der Waals surface area contributed by atoms with Gasteiger partial charge in [-0.1, -0.05) is 58.3 Å². The van der Waals surface area contributed by atoms with Crippen molar-refractivity contribution in [1.82, 2.24) is 0 Å². The smallest absolute Gasteiger partial charge is 0.390 e. The molecule has 0 amide bonds. The Morgan fingerprint density at radius 1 is 0.905 bits per heavy atom. The minimum atomic E-state index is -4.89. The third kappa shape index (κ3) is 12.2. The van der Waals surface area contributed by atoms with E-state index >= 15 is 0 Å². The molecular formula is C13H29O7P. The number of rotatable bonds is 13. The molecule has 7 nitrogen and oxygen atoms in total. The average Bonchev–Trinajstić information content (AvgIpc) is 2.38. The molecule has 8 heteroatoms. The van der Waals surface area contributed by atoms with Gasteiger partial charge >= 0.3 is 7.82 Å². The minimum absolute atomic E-state index is 0.248. The van der Waals surface area contributed by atoms with Gasteiger partial charge in [-0.2, -0.15) is 0 Å². The summed E-state index contributed by atoms with van der Waals surface area (Å²) in [7, 11) is -4.89. The molecule has 21 heavy (non-hydrogen) atoms. The first-order valence-electron chi connectivity index (χ1n) is 7.56. The van der Waals surface area contributed by atoms with Gasteiger partial charge in [0.25, 0.3) is 0 Å². The number of unbranched alkanes of at least 4 members (excludes halogenated alkanes) is 7. The average molecular weight is 328 g/mol. The van der Waals surface area contributed by atoms with Crippen molar-refractivity contribution in [1.29, 1.82) is 0 Å². The molecule has 0 radical (unpaired) electrons. The summed E-state index contributed by atoms with van der Waals surface area (Å²) in [6.45, 7) is 2.16. The first-order chi connectivity index (χ1) is 9.78. The number of phosphoric acid groups is 1. The number of hydrogen-bond donors (Lipinski definition) is 5. The van der Waals surface area contributed by atoms with Crippen molar-refractivity contribution >= 4 is 7.82 Å². The summed E-state index contributed by atoms with van der Waals surface area (Å²) in [5, 5.41) is 28.3. The standard InChI is InChI=1S/C13H29O7P/c1-2-3-4-5-6-7-8-9-10-11(14)12(15)13(16)20-21(17,18)19/h11-16H,2-10H2,1H3,(H2,17,18,19). The molecule has 128 valence electrons. The summed E-state index contributed by atoms with van der Waals surface area (Å²) in [4.78, 5) is 17.0. The van der Waals surface area contributed by atoms with E-state index in [1.54, 1.807) is 0 Å². The summed E-state index contributed by atoms with van der Waals surface area (Å²) in [6, 6.07) is 0. The zero-order chi connectivity index (χ0) is 16.3. The Labute approximate surface area is 126 Å². The van der Waals surface area contributed by atoms with Gasteiger partial charge < -0.3 is 25.1 Å². The van der Waals surface area contributed by atoms with Crippen LogP contribution in [0, 0.1) is 0 Å². The van der Waals surface area contributed by atoms with Crippen molar-refractivity contribution in [3.8, 4) is 0 Å². The van der Waals surface area contributed by atoms with Crippen LogP contribution in [0.2, 0.25) is 0 Å². The maximum absolute atomic E-state index is 10.5. The van der Waals surface area contributed by atoms with E-state index in [2.05, 4.69) is 11.4 Å². The van der Waals surface area contributed by atoms with Crippen molar-refractivity contribution in [3.05, 3.63) is 0 Å². The predicted octanol–water partition coefficient (Wildman–Crippen LogP) is 1.67. The third-order valence-corrected chi connectivity index (χ3v) is 3.78. The Morgan fingerprint density at radius 3 is 1.86 bits per heavy atom. The fourth-order valence-corrected chi connectivity index (χ4v) is 2.46. The van der Waals surface area contributed by atoms with Crippen LogP contribution >= 0.6 is 7.82 Å². The van der Waals surface area contributed by atoms with E-state index in [1.807, 2.05) is 0 Å². The van der Waals surface area contributed by atoms with Crippen LogP contribution in [0.5, 0.6) is 0 Å². The topological polar surface area (TPSA) is 127 Å². The van der Waals surface area contributed by atoms with Crippen LogP contribution in [0.15, 0.2) is 0 Å². The number of aliphatic hydroxyl groups excluding tert-OH is 3. The molecule has 0 aromatic carbocycles. The molecule has 0 aliphatic rings. The normalized spacial score (nSPS) is 16.7. The summed E-state index contributed by atoms with van der Waals surface area (Å²) in [5.74, 6) is 0. The Balaban J connectivity index is 3.68. The lowest BCUT2D eigenvalue weighted by Gasteiger charge is -2.22. The minimum Gasteiger partial charge on any atom is -0.390 e. The van der Waals surface area contributed by atoms with Gasteiger partial charge in [0.2, 0.25) is 0 Å². The van der Waals surface area contributed by atoms with E-state index in [0.29, 0.717) is 6.42 Å². The fourth-order valence-electron chi connectivity index (χ4n) is 2.05. The van der Waals surface area contributed by atoms with Crippen LogP contribution in [0.4, 0.5) is 0 Å². The molecule has 3 unspecified atom stereocenters. The van der Waals surface area contributed by atoms with E-state index in [4.69, 9.17) is 9.79 Å². The lowest BCUT2D eigenvalue weighted by molar-refractivity contribution is -0.151. The van der Waals surface area contributed by atoms with Gasteiger partial charge in [-0.05, 0) is 6.42 Å². The molecule has 0 rings (SSSR count). The quantitative estimate of drug-likeness (QED) is 0.198. The highest BCUT2D eigenvalue weighted by Crippen LogP contribution is 2.38.